The van der Waals surface area contributed by atoms with Crippen molar-refractivity contribution in [3.05, 3.63) is 77.9 Å². The Hall–Kier alpha value is -2.08. The molecule has 0 aliphatic rings. The van der Waals surface area contributed by atoms with E-state index in [4.69, 9.17) is 0 Å². The molecule has 0 aromatic heterocycles. The first-order valence-electron chi connectivity index (χ1n) is 11.0. The summed E-state index contributed by atoms with van der Waals surface area (Å²) in [6, 6.07) is 0. The van der Waals surface area contributed by atoms with Crippen LogP contribution in [0, 0.1) is 83.1 Å². The van der Waals surface area contributed by atoms with Crippen LogP contribution in [0.3, 0.4) is 0 Å². The van der Waals surface area contributed by atoms with Crippen LogP contribution in [0.1, 0.15) is 77.9 Å². The van der Waals surface area contributed by atoms with Crippen molar-refractivity contribution in [1.29, 1.82) is 0 Å². The van der Waals surface area contributed by atoms with Crippen LogP contribution < -0.4 is 0 Å². The Morgan fingerprint density at radius 1 is 0.276 bits per heavy atom. The molecule has 0 saturated carbocycles. The first-order valence-corrected chi connectivity index (χ1v) is 11.0. The second-order valence-electron chi connectivity index (χ2n) is 9.38. The van der Waals surface area contributed by atoms with Gasteiger partial charge in [-0.2, -0.15) is 0 Å². The van der Waals surface area contributed by atoms with Gasteiger partial charge in [0, 0.05) is 0 Å². The molecule has 3 aromatic rings. The first-order chi connectivity index (χ1) is 13.4. The Morgan fingerprint density at radius 2 is 0.517 bits per heavy atom. The van der Waals surface area contributed by atoms with Crippen LogP contribution in [0.15, 0.2) is 0 Å². The van der Waals surface area contributed by atoms with Crippen molar-refractivity contribution in [1.82, 2.24) is 0 Å². The van der Waals surface area contributed by atoms with E-state index >= 15 is 0 Å². The summed E-state index contributed by atoms with van der Waals surface area (Å²) < 4.78 is 0. The number of hydrogen-bond acceptors (Lipinski definition) is 0. The molecular weight excluding hydrogens is 348 g/mol. The average Bonchev–Trinajstić information content (AvgIpc) is 2.69. The van der Waals surface area contributed by atoms with E-state index in [1.165, 1.54) is 88.7 Å². The van der Waals surface area contributed by atoms with Gasteiger partial charge in [-0.05, 0) is 178 Å². The zero-order chi connectivity index (χ0) is 21.9. The second-order valence-corrected chi connectivity index (χ2v) is 9.38. The van der Waals surface area contributed by atoms with Crippen molar-refractivity contribution < 1.29 is 0 Å². The van der Waals surface area contributed by atoms with Gasteiger partial charge in [-0.3, -0.25) is 0 Å². The monoisotopic (exact) mass is 386 g/mol. The summed E-state index contributed by atoms with van der Waals surface area (Å²) in [4.78, 5) is 0. The van der Waals surface area contributed by atoms with Crippen molar-refractivity contribution >= 4 is 10.8 Å². The standard InChI is InChI=1S/C29H38/c1-14-15(2)19(6)26(20(7)16(14)3)13-27-21(8)24(11)28-22(9)17(4)18(5)23(10)29(28)25(27)12/h13H2,1-12H3. The Balaban J connectivity index is 2.40. The number of rotatable bonds is 2. The Kier molecular flexibility index (Phi) is 5.45. The number of hydrogen-bond donors (Lipinski definition) is 0. The predicted molar refractivity (Wildman–Crippen MR) is 130 cm³/mol. The third-order valence-electron chi connectivity index (χ3n) is 8.41. The molecule has 0 nitrogen and oxygen atoms in total. The fourth-order valence-electron chi connectivity index (χ4n) is 5.38. The van der Waals surface area contributed by atoms with Crippen LogP contribution in [-0.4, -0.2) is 0 Å². The van der Waals surface area contributed by atoms with Crippen molar-refractivity contribution in [3.8, 4) is 0 Å². The first kappa shape index (κ1) is 21.6. The van der Waals surface area contributed by atoms with E-state index in [1.54, 1.807) is 0 Å². The van der Waals surface area contributed by atoms with Gasteiger partial charge in [-0.15, -0.1) is 0 Å². The molecule has 0 aliphatic heterocycles. The molecule has 0 N–H and O–H groups in total. The molecule has 29 heavy (non-hydrogen) atoms. The van der Waals surface area contributed by atoms with Crippen LogP contribution in [0.4, 0.5) is 0 Å². The van der Waals surface area contributed by atoms with Crippen molar-refractivity contribution in [2.24, 2.45) is 0 Å². The molecule has 3 aromatic carbocycles. The van der Waals surface area contributed by atoms with Gasteiger partial charge in [0.25, 0.3) is 0 Å². The minimum atomic E-state index is 1.03. The summed E-state index contributed by atoms with van der Waals surface area (Å²) in [5.41, 5.74) is 20.5. The summed E-state index contributed by atoms with van der Waals surface area (Å²) in [5, 5.41) is 2.97. The molecule has 0 heterocycles. The molecule has 0 radical (unpaired) electrons. The van der Waals surface area contributed by atoms with E-state index in [0.717, 1.165) is 6.42 Å². The zero-order valence-electron chi connectivity index (χ0n) is 20.7. The molecule has 154 valence electrons. The lowest BCUT2D eigenvalue weighted by molar-refractivity contribution is 1.04. The molecule has 0 spiro atoms. The van der Waals surface area contributed by atoms with E-state index < -0.39 is 0 Å². The van der Waals surface area contributed by atoms with Crippen molar-refractivity contribution in [3.63, 3.8) is 0 Å². The topological polar surface area (TPSA) is 0 Å². The summed E-state index contributed by atoms with van der Waals surface area (Å²) in [6.07, 6.45) is 1.03. The summed E-state index contributed by atoms with van der Waals surface area (Å²) >= 11 is 0. The van der Waals surface area contributed by atoms with E-state index in [0.29, 0.717) is 0 Å². The third-order valence-corrected chi connectivity index (χ3v) is 8.41. The number of aryl methyl sites for hydroxylation is 4. The van der Waals surface area contributed by atoms with Crippen LogP contribution in [0.25, 0.3) is 10.8 Å². The number of benzene rings is 3. The highest BCUT2D eigenvalue weighted by Crippen LogP contribution is 2.39. The molecule has 0 saturated heterocycles. The Morgan fingerprint density at radius 3 is 0.966 bits per heavy atom. The van der Waals surface area contributed by atoms with Gasteiger partial charge in [0.1, 0.15) is 0 Å². The van der Waals surface area contributed by atoms with Crippen LogP contribution in [-0.2, 0) is 6.42 Å². The molecule has 0 unspecified atom stereocenters. The molecule has 3 rings (SSSR count). The Labute approximate surface area is 178 Å². The largest absolute Gasteiger partial charge is 0.0447 e. The maximum Gasteiger partial charge on any atom is -0.00147 e. The van der Waals surface area contributed by atoms with Crippen LogP contribution in [0.5, 0.6) is 0 Å². The normalized spacial score (nSPS) is 11.6. The highest BCUT2D eigenvalue weighted by Gasteiger charge is 2.20. The highest BCUT2D eigenvalue weighted by molar-refractivity contribution is 5.97. The van der Waals surface area contributed by atoms with E-state index in [2.05, 4.69) is 83.1 Å². The van der Waals surface area contributed by atoms with Crippen LogP contribution in [0.2, 0.25) is 0 Å². The molecule has 0 heteroatoms. The van der Waals surface area contributed by atoms with E-state index in [9.17, 15) is 0 Å². The van der Waals surface area contributed by atoms with Gasteiger partial charge >= 0.3 is 0 Å². The fourth-order valence-corrected chi connectivity index (χ4v) is 5.38. The smallest absolute Gasteiger partial charge is 0.00147 e. The Bertz CT molecular complexity index is 1140. The van der Waals surface area contributed by atoms with Gasteiger partial charge in [-0.1, -0.05) is 0 Å². The predicted octanol–water partition coefficient (Wildman–Crippen LogP) is 8.13. The molecule has 0 bridgehead atoms. The van der Waals surface area contributed by atoms with Gasteiger partial charge in [0.2, 0.25) is 0 Å². The number of fused-ring (bicyclic) bond motifs is 1. The minimum Gasteiger partial charge on any atom is -0.0447 e. The quantitative estimate of drug-likeness (QED) is 0.417. The molecule has 0 atom stereocenters. The second kappa shape index (κ2) is 7.31. The van der Waals surface area contributed by atoms with Crippen molar-refractivity contribution in [2.45, 2.75) is 89.5 Å². The third kappa shape index (κ3) is 3.03. The lowest BCUT2D eigenvalue weighted by atomic mass is 9.80. The van der Waals surface area contributed by atoms with E-state index in [-0.39, 0.29) is 0 Å². The minimum absolute atomic E-state index is 1.03. The molecular formula is C29H38. The lowest BCUT2D eigenvalue weighted by Crippen LogP contribution is -2.08. The molecule has 0 amide bonds. The van der Waals surface area contributed by atoms with Gasteiger partial charge in [0.15, 0.2) is 0 Å². The van der Waals surface area contributed by atoms with Gasteiger partial charge in [0.05, 0.1) is 0 Å². The lowest BCUT2D eigenvalue weighted by Gasteiger charge is -2.25. The maximum atomic E-state index is 2.35. The SMILES string of the molecule is Cc1c(C)c(C)c(Cc2c(C)c(C)c3c(C)c(C)c(C)c(C)c3c2C)c(C)c1C. The summed E-state index contributed by atoms with van der Waals surface area (Å²) in [6.45, 7) is 27.6. The summed E-state index contributed by atoms with van der Waals surface area (Å²) in [5.74, 6) is 0. The molecule has 0 aliphatic carbocycles. The fraction of sp³-hybridized carbons (Fsp3) is 0.448. The average molecular weight is 387 g/mol. The summed E-state index contributed by atoms with van der Waals surface area (Å²) in [7, 11) is 0. The van der Waals surface area contributed by atoms with Crippen molar-refractivity contribution in [2.75, 3.05) is 0 Å². The van der Waals surface area contributed by atoms with Gasteiger partial charge in [-0.25, -0.2) is 0 Å². The highest BCUT2D eigenvalue weighted by atomic mass is 14.2. The maximum absolute atomic E-state index is 2.35. The van der Waals surface area contributed by atoms with E-state index in [1.807, 2.05) is 0 Å². The van der Waals surface area contributed by atoms with Gasteiger partial charge < -0.3 is 0 Å². The van der Waals surface area contributed by atoms with Crippen LogP contribution >= 0.6 is 0 Å². The molecule has 0 fully saturated rings. The zero-order valence-corrected chi connectivity index (χ0v) is 20.7.